The number of hydrogen-bond acceptors (Lipinski definition) is 3. The molecular weight excluding hydrogens is 583 g/mol. The van der Waals surface area contributed by atoms with Gasteiger partial charge in [-0.2, -0.15) is 0 Å². The fourth-order valence-corrected chi connectivity index (χ4v) is 8.85. The van der Waals surface area contributed by atoms with E-state index in [2.05, 4.69) is 169 Å². The highest BCUT2D eigenvalue weighted by molar-refractivity contribution is 7.26. The third-order valence-electron chi connectivity index (χ3n) is 8.66. The first-order valence-corrected chi connectivity index (χ1v) is 16.8. The second-order valence-corrected chi connectivity index (χ2v) is 13.5. The number of benzene rings is 7. The maximum Gasteiger partial charge on any atom is 0.0468 e. The van der Waals surface area contributed by atoms with Gasteiger partial charge in [-0.25, -0.2) is 0 Å². The van der Waals surface area contributed by atoms with Crippen LogP contribution in [-0.2, 0) is 0 Å². The third kappa shape index (κ3) is 4.52. The molecule has 0 saturated heterocycles. The molecule has 212 valence electrons. The van der Waals surface area contributed by atoms with Crippen LogP contribution in [0.15, 0.2) is 164 Å². The van der Waals surface area contributed by atoms with E-state index in [-0.39, 0.29) is 0 Å². The number of rotatable bonds is 5. The van der Waals surface area contributed by atoms with Crippen LogP contribution in [0.5, 0.6) is 0 Å². The monoisotopic (exact) mass is 609 g/mol. The Labute approximate surface area is 269 Å². The first-order chi connectivity index (χ1) is 22.3. The molecule has 0 atom stereocenters. The van der Waals surface area contributed by atoms with E-state index in [1.165, 1.54) is 62.6 Å². The summed E-state index contributed by atoms with van der Waals surface area (Å²) in [7, 11) is 0. The highest BCUT2D eigenvalue weighted by Crippen LogP contribution is 2.44. The molecule has 45 heavy (non-hydrogen) atoms. The zero-order chi connectivity index (χ0) is 29.7. The van der Waals surface area contributed by atoms with Crippen LogP contribution < -0.4 is 4.90 Å². The van der Waals surface area contributed by atoms with Crippen molar-refractivity contribution in [1.82, 2.24) is 0 Å². The summed E-state index contributed by atoms with van der Waals surface area (Å²) in [6.45, 7) is 0. The largest absolute Gasteiger partial charge is 0.310 e. The van der Waals surface area contributed by atoms with E-state index in [0.717, 1.165) is 17.1 Å². The van der Waals surface area contributed by atoms with E-state index in [1.54, 1.807) is 0 Å². The van der Waals surface area contributed by atoms with Crippen LogP contribution in [-0.4, -0.2) is 0 Å². The molecule has 0 fully saturated rings. The van der Waals surface area contributed by atoms with Gasteiger partial charge in [0.25, 0.3) is 0 Å². The van der Waals surface area contributed by atoms with Gasteiger partial charge in [0.1, 0.15) is 0 Å². The van der Waals surface area contributed by atoms with Crippen molar-refractivity contribution < 1.29 is 0 Å². The summed E-state index contributed by atoms with van der Waals surface area (Å²) in [5.41, 5.74) is 8.53. The molecule has 0 saturated carbocycles. The Balaban J connectivity index is 1.17. The molecule has 9 rings (SSSR count). The van der Waals surface area contributed by atoms with Crippen LogP contribution in [0, 0.1) is 0 Å². The van der Waals surface area contributed by atoms with Crippen molar-refractivity contribution in [2.24, 2.45) is 0 Å². The molecule has 0 amide bonds. The zero-order valence-electron chi connectivity index (χ0n) is 24.4. The maximum absolute atomic E-state index is 2.39. The number of thiophene rings is 2. The Bertz CT molecular complexity index is 2440. The molecule has 0 aliphatic heterocycles. The summed E-state index contributed by atoms with van der Waals surface area (Å²) in [6, 6.07) is 59.5. The summed E-state index contributed by atoms with van der Waals surface area (Å²) in [6.07, 6.45) is 0. The van der Waals surface area contributed by atoms with Crippen LogP contribution in [0.4, 0.5) is 17.1 Å². The smallest absolute Gasteiger partial charge is 0.0468 e. The lowest BCUT2D eigenvalue weighted by Crippen LogP contribution is -2.09. The molecule has 1 nitrogen and oxygen atoms in total. The lowest BCUT2D eigenvalue weighted by Gasteiger charge is -2.25. The molecule has 0 aliphatic carbocycles. The summed E-state index contributed by atoms with van der Waals surface area (Å²) >= 11 is 3.76. The van der Waals surface area contributed by atoms with Crippen molar-refractivity contribution >= 4 is 80.1 Å². The van der Waals surface area contributed by atoms with Crippen LogP contribution in [0.2, 0.25) is 0 Å². The first kappa shape index (κ1) is 26.2. The minimum absolute atomic E-state index is 1.15. The summed E-state index contributed by atoms with van der Waals surface area (Å²) in [5, 5.41) is 5.25. The molecule has 3 heteroatoms. The van der Waals surface area contributed by atoms with E-state index >= 15 is 0 Å². The molecule has 9 aromatic rings. The Hall–Kier alpha value is -5.22. The topological polar surface area (TPSA) is 3.24 Å². The average Bonchev–Trinajstić information content (AvgIpc) is 3.67. The molecule has 0 bridgehead atoms. The fraction of sp³-hybridized carbons (Fsp3) is 0. The zero-order valence-corrected chi connectivity index (χ0v) is 26.0. The highest BCUT2D eigenvalue weighted by atomic mass is 32.1. The number of hydrogen-bond donors (Lipinski definition) is 0. The third-order valence-corrected chi connectivity index (χ3v) is 11.0. The van der Waals surface area contributed by atoms with Gasteiger partial charge >= 0.3 is 0 Å². The van der Waals surface area contributed by atoms with E-state index in [9.17, 15) is 0 Å². The van der Waals surface area contributed by atoms with E-state index in [0.29, 0.717) is 0 Å². The maximum atomic E-state index is 2.39. The van der Waals surface area contributed by atoms with E-state index in [4.69, 9.17) is 0 Å². The quantitative estimate of drug-likeness (QED) is 0.188. The Kier molecular flexibility index (Phi) is 6.26. The highest BCUT2D eigenvalue weighted by Gasteiger charge is 2.16. The molecule has 7 aromatic carbocycles. The number of para-hydroxylation sites is 2. The summed E-state index contributed by atoms with van der Waals surface area (Å²) in [5.74, 6) is 0. The molecule has 2 heterocycles. The Morgan fingerprint density at radius 2 is 0.956 bits per heavy atom. The van der Waals surface area contributed by atoms with Gasteiger partial charge in [-0.1, -0.05) is 103 Å². The van der Waals surface area contributed by atoms with Crippen molar-refractivity contribution in [1.29, 1.82) is 0 Å². The molecule has 0 radical (unpaired) electrons. The molecule has 0 spiro atoms. The van der Waals surface area contributed by atoms with Crippen LogP contribution in [0.25, 0.3) is 62.6 Å². The molecule has 0 aliphatic rings. The minimum Gasteiger partial charge on any atom is -0.310 e. The normalized spacial score (nSPS) is 11.6. The summed E-state index contributed by atoms with van der Waals surface area (Å²) in [4.78, 5) is 2.34. The predicted molar refractivity (Wildman–Crippen MR) is 198 cm³/mol. The average molecular weight is 610 g/mol. The fourth-order valence-electron chi connectivity index (χ4n) is 6.51. The predicted octanol–water partition coefficient (Wildman–Crippen LogP) is 13.2. The van der Waals surface area contributed by atoms with Gasteiger partial charge < -0.3 is 4.90 Å². The Morgan fingerprint density at radius 1 is 0.333 bits per heavy atom. The van der Waals surface area contributed by atoms with Crippen molar-refractivity contribution in [3.8, 4) is 22.3 Å². The second kappa shape index (κ2) is 10.7. The standard InChI is InChI=1S/C42H27NS2/c1-4-11-28(12-5-1)34-17-10-18-36-35-22-19-30(26-41(35)45-42(34)36)29-20-23-39-37(25-29)38-27-33(21-24-40(38)44-39)43(31-13-6-2-7-14-31)32-15-8-3-9-16-32/h1-27H. The van der Waals surface area contributed by atoms with E-state index in [1.807, 2.05) is 22.7 Å². The molecule has 0 N–H and O–H groups in total. The van der Waals surface area contributed by atoms with Gasteiger partial charge in [-0.15, -0.1) is 22.7 Å². The van der Waals surface area contributed by atoms with Crippen LogP contribution in [0.3, 0.4) is 0 Å². The lowest BCUT2D eigenvalue weighted by atomic mass is 10.00. The van der Waals surface area contributed by atoms with Crippen molar-refractivity contribution in [2.45, 2.75) is 0 Å². The van der Waals surface area contributed by atoms with Crippen molar-refractivity contribution in [3.63, 3.8) is 0 Å². The van der Waals surface area contributed by atoms with Crippen LogP contribution >= 0.6 is 22.7 Å². The second-order valence-electron chi connectivity index (χ2n) is 11.4. The Morgan fingerprint density at radius 3 is 1.69 bits per heavy atom. The van der Waals surface area contributed by atoms with Crippen molar-refractivity contribution in [3.05, 3.63) is 164 Å². The number of nitrogens with zero attached hydrogens (tertiary/aromatic N) is 1. The SMILES string of the molecule is c1ccc(-c2cccc3c2sc2cc(-c4ccc5sc6ccc(N(c7ccccc7)c7ccccc7)cc6c5c4)ccc23)cc1. The number of fused-ring (bicyclic) bond motifs is 6. The van der Waals surface area contributed by atoms with Gasteiger partial charge in [0, 0.05) is 57.4 Å². The van der Waals surface area contributed by atoms with Gasteiger partial charge in [-0.3, -0.25) is 0 Å². The van der Waals surface area contributed by atoms with Gasteiger partial charge in [-0.05, 0) is 82.9 Å². The van der Waals surface area contributed by atoms with Gasteiger partial charge in [0.2, 0.25) is 0 Å². The number of anilines is 3. The van der Waals surface area contributed by atoms with Crippen LogP contribution in [0.1, 0.15) is 0 Å². The van der Waals surface area contributed by atoms with Gasteiger partial charge in [0.15, 0.2) is 0 Å². The lowest BCUT2D eigenvalue weighted by molar-refractivity contribution is 1.29. The van der Waals surface area contributed by atoms with Gasteiger partial charge in [0.05, 0.1) is 0 Å². The molecule has 2 aromatic heterocycles. The van der Waals surface area contributed by atoms with E-state index < -0.39 is 0 Å². The minimum atomic E-state index is 1.15. The van der Waals surface area contributed by atoms with Crippen molar-refractivity contribution in [2.75, 3.05) is 4.90 Å². The first-order valence-electron chi connectivity index (χ1n) is 15.2. The molecular formula is C42H27NS2. The molecule has 0 unspecified atom stereocenters. The summed E-state index contributed by atoms with van der Waals surface area (Å²) < 4.78 is 5.29.